The minimum Gasteiger partial charge on any atom is -0.354 e. The summed E-state index contributed by atoms with van der Waals surface area (Å²) in [4.78, 5) is 23.7. The van der Waals surface area contributed by atoms with Crippen LogP contribution in [0.1, 0.15) is 19.8 Å². The van der Waals surface area contributed by atoms with Crippen LogP contribution in [0.5, 0.6) is 0 Å². The number of nitrogens with zero attached hydrogens (tertiary/aromatic N) is 4. The van der Waals surface area contributed by atoms with Crippen LogP contribution in [0.15, 0.2) is 24.4 Å². The van der Waals surface area contributed by atoms with Crippen LogP contribution < -0.4 is 10.2 Å². The van der Waals surface area contributed by atoms with Crippen LogP contribution in [-0.2, 0) is 4.79 Å². The summed E-state index contributed by atoms with van der Waals surface area (Å²) in [6, 6.07) is 6.36. The number of rotatable bonds is 5. The highest BCUT2D eigenvalue weighted by molar-refractivity contribution is 5.78. The van der Waals surface area contributed by atoms with E-state index in [2.05, 4.69) is 31.9 Å². The summed E-state index contributed by atoms with van der Waals surface area (Å²) in [6.45, 7) is 9.72. The molecule has 2 aliphatic rings. The first-order valence-corrected chi connectivity index (χ1v) is 9.14. The molecule has 0 radical (unpaired) electrons. The van der Waals surface area contributed by atoms with Crippen molar-refractivity contribution >= 4 is 11.7 Å². The van der Waals surface area contributed by atoms with Gasteiger partial charge >= 0.3 is 0 Å². The number of carbonyl (C=O) groups is 1. The number of nitrogens with one attached hydrogen (secondary N) is 1. The highest BCUT2D eigenvalue weighted by Crippen LogP contribution is 2.13. The van der Waals surface area contributed by atoms with Gasteiger partial charge in [-0.25, -0.2) is 4.98 Å². The molecule has 3 heterocycles. The van der Waals surface area contributed by atoms with Gasteiger partial charge in [0.1, 0.15) is 5.82 Å². The zero-order chi connectivity index (χ0) is 16.8. The molecule has 2 fully saturated rings. The number of piperazine rings is 1. The Morgan fingerprint density at radius 1 is 1.12 bits per heavy atom. The van der Waals surface area contributed by atoms with E-state index in [1.54, 1.807) is 0 Å². The zero-order valence-corrected chi connectivity index (χ0v) is 14.7. The predicted octanol–water partition coefficient (Wildman–Crippen LogP) is 0.804. The van der Waals surface area contributed by atoms with Crippen molar-refractivity contribution in [1.82, 2.24) is 20.1 Å². The van der Waals surface area contributed by atoms with Crippen molar-refractivity contribution in [2.24, 2.45) is 0 Å². The average molecular weight is 331 g/mol. The fraction of sp³-hybridized carbons (Fsp3) is 0.667. The van der Waals surface area contributed by atoms with Crippen LogP contribution in [0.2, 0.25) is 0 Å². The van der Waals surface area contributed by atoms with E-state index in [1.807, 2.05) is 24.4 Å². The summed E-state index contributed by atoms with van der Waals surface area (Å²) in [5.41, 5.74) is 0. The monoisotopic (exact) mass is 331 g/mol. The van der Waals surface area contributed by atoms with Gasteiger partial charge < -0.3 is 15.1 Å². The molecule has 2 saturated heterocycles. The summed E-state index contributed by atoms with van der Waals surface area (Å²) in [6.07, 6.45) is 3.99. The minimum absolute atomic E-state index is 0.177. The molecule has 0 bridgehead atoms. The third-order valence-corrected chi connectivity index (χ3v) is 5.11. The smallest absolute Gasteiger partial charge is 0.234 e. The number of hydrogen-bond donors (Lipinski definition) is 1. The summed E-state index contributed by atoms with van der Waals surface area (Å²) >= 11 is 0. The number of hydrogen-bond acceptors (Lipinski definition) is 5. The van der Waals surface area contributed by atoms with Crippen LogP contribution in [-0.4, -0.2) is 79.1 Å². The first kappa shape index (κ1) is 17.2. The second-order valence-electron chi connectivity index (χ2n) is 6.73. The summed E-state index contributed by atoms with van der Waals surface area (Å²) in [5.74, 6) is 1.21. The maximum atomic E-state index is 12.3. The minimum atomic E-state index is 0.177. The van der Waals surface area contributed by atoms with E-state index in [0.29, 0.717) is 12.6 Å². The lowest BCUT2D eigenvalue weighted by molar-refractivity contribution is -0.123. The molecule has 24 heavy (non-hydrogen) atoms. The van der Waals surface area contributed by atoms with Gasteiger partial charge in [0, 0.05) is 51.5 Å². The van der Waals surface area contributed by atoms with E-state index in [4.69, 9.17) is 0 Å². The summed E-state index contributed by atoms with van der Waals surface area (Å²) in [7, 11) is 0. The molecule has 6 nitrogen and oxygen atoms in total. The van der Waals surface area contributed by atoms with Gasteiger partial charge in [0.25, 0.3) is 0 Å². The van der Waals surface area contributed by atoms with E-state index in [1.165, 1.54) is 0 Å². The van der Waals surface area contributed by atoms with Gasteiger partial charge in [-0.3, -0.25) is 9.69 Å². The zero-order valence-electron chi connectivity index (χ0n) is 14.7. The van der Waals surface area contributed by atoms with E-state index < -0.39 is 0 Å². The summed E-state index contributed by atoms with van der Waals surface area (Å²) < 4.78 is 0. The normalized spacial score (nSPS) is 21.0. The molecule has 132 valence electrons. The third kappa shape index (κ3) is 4.68. The van der Waals surface area contributed by atoms with Gasteiger partial charge in [-0.1, -0.05) is 13.0 Å². The van der Waals surface area contributed by atoms with Gasteiger partial charge in [-0.05, 0) is 31.5 Å². The molecule has 1 N–H and O–H groups in total. The van der Waals surface area contributed by atoms with E-state index in [0.717, 1.165) is 64.5 Å². The van der Waals surface area contributed by atoms with Gasteiger partial charge in [-0.2, -0.15) is 0 Å². The van der Waals surface area contributed by atoms with Crippen LogP contribution in [0, 0.1) is 0 Å². The van der Waals surface area contributed by atoms with Crippen molar-refractivity contribution in [2.45, 2.75) is 25.8 Å². The first-order valence-electron chi connectivity index (χ1n) is 9.14. The molecular formula is C18H29N5O. The molecule has 0 aliphatic carbocycles. The summed E-state index contributed by atoms with van der Waals surface area (Å²) in [5, 5.41) is 3.22. The molecule has 2 aliphatic heterocycles. The van der Waals surface area contributed by atoms with Crippen molar-refractivity contribution in [3.63, 3.8) is 0 Å². The standard InChI is InChI=1S/C18H29N5O/c1-2-21-9-6-16(7-10-21)20-18(24)15-22-11-13-23(14-12-22)17-5-3-4-8-19-17/h3-5,8,16H,2,6-7,9-15H2,1H3,(H,20,24). The van der Waals surface area contributed by atoms with Gasteiger partial charge in [0.15, 0.2) is 0 Å². The Labute approximate surface area is 144 Å². The van der Waals surface area contributed by atoms with Crippen molar-refractivity contribution < 1.29 is 4.79 Å². The molecule has 0 unspecified atom stereocenters. The fourth-order valence-corrected chi connectivity index (χ4v) is 3.55. The lowest BCUT2D eigenvalue weighted by Gasteiger charge is -2.36. The SMILES string of the molecule is CCN1CCC(NC(=O)CN2CCN(c3ccccn3)CC2)CC1. The maximum Gasteiger partial charge on any atom is 0.234 e. The van der Waals surface area contributed by atoms with Crippen molar-refractivity contribution in [3.05, 3.63) is 24.4 Å². The Morgan fingerprint density at radius 2 is 1.88 bits per heavy atom. The number of carbonyl (C=O) groups excluding carboxylic acids is 1. The molecular weight excluding hydrogens is 302 g/mol. The molecule has 0 saturated carbocycles. The lowest BCUT2D eigenvalue weighted by atomic mass is 10.1. The van der Waals surface area contributed by atoms with E-state index >= 15 is 0 Å². The number of pyridine rings is 1. The van der Waals surface area contributed by atoms with Crippen molar-refractivity contribution in [2.75, 3.05) is 57.3 Å². The fourth-order valence-electron chi connectivity index (χ4n) is 3.55. The number of piperidine rings is 1. The van der Waals surface area contributed by atoms with Crippen LogP contribution in [0.25, 0.3) is 0 Å². The highest BCUT2D eigenvalue weighted by atomic mass is 16.2. The van der Waals surface area contributed by atoms with E-state index in [-0.39, 0.29) is 5.91 Å². The van der Waals surface area contributed by atoms with Crippen molar-refractivity contribution in [3.8, 4) is 0 Å². The molecule has 3 rings (SSSR count). The Bertz CT molecular complexity index is 507. The second kappa shape index (κ2) is 8.44. The third-order valence-electron chi connectivity index (χ3n) is 5.11. The van der Waals surface area contributed by atoms with Gasteiger partial charge in [-0.15, -0.1) is 0 Å². The molecule has 0 atom stereocenters. The van der Waals surface area contributed by atoms with Gasteiger partial charge in [0.2, 0.25) is 5.91 Å². The second-order valence-corrected chi connectivity index (χ2v) is 6.73. The molecule has 1 aromatic rings. The maximum absolute atomic E-state index is 12.3. The average Bonchev–Trinajstić information content (AvgIpc) is 2.64. The van der Waals surface area contributed by atoms with Crippen LogP contribution >= 0.6 is 0 Å². The molecule has 0 aromatic carbocycles. The topological polar surface area (TPSA) is 51.7 Å². The Balaban J connectivity index is 1.37. The highest BCUT2D eigenvalue weighted by Gasteiger charge is 2.23. The van der Waals surface area contributed by atoms with Gasteiger partial charge in [0.05, 0.1) is 6.54 Å². The Morgan fingerprint density at radius 3 is 2.50 bits per heavy atom. The number of aromatic nitrogens is 1. The van der Waals surface area contributed by atoms with E-state index in [9.17, 15) is 4.79 Å². The number of anilines is 1. The lowest BCUT2D eigenvalue weighted by Crippen LogP contribution is -2.52. The molecule has 0 spiro atoms. The van der Waals surface area contributed by atoms with Crippen molar-refractivity contribution in [1.29, 1.82) is 0 Å². The number of amides is 1. The molecule has 1 amide bonds. The number of likely N-dealkylation sites (tertiary alicyclic amines) is 1. The first-order chi connectivity index (χ1) is 11.7. The van der Waals surface area contributed by atoms with Crippen LogP contribution in [0.3, 0.4) is 0 Å². The Hall–Kier alpha value is -1.66. The largest absolute Gasteiger partial charge is 0.354 e. The molecule has 1 aromatic heterocycles. The van der Waals surface area contributed by atoms with Crippen LogP contribution in [0.4, 0.5) is 5.82 Å². The molecule has 6 heteroatoms. The Kier molecular flexibility index (Phi) is 6.04. The quantitative estimate of drug-likeness (QED) is 0.865. The predicted molar refractivity (Wildman–Crippen MR) is 96.2 cm³/mol.